The molecular formula is C15H18N4O4. The van der Waals surface area contributed by atoms with Gasteiger partial charge in [0.05, 0.1) is 25.0 Å². The summed E-state index contributed by atoms with van der Waals surface area (Å²) in [5.74, 6) is 0.0377. The van der Waals surface area contributed by atoms with Crippen LogP contribution in [0.4, 0.5) is 5.69 Å². The summed E-state index contributed by atoms with van der Waals surface area (Å²) < 4.78 is 10.6. The minimum absolute atomic E-state index is 0.128. The molecule has 0 saturated carbocycles. The fraction of sp³-hybridized carbons (Fsp3) is 0.267. The van der Waals surface area contributed by atoms with Crippen LogP contribution in [0.2, 0.25) is 0 Å². The summed E-state index contributed by atoms with van der Waals surface area (Å²) in [7, 11) is 0. The molecule has 0 atom stereocenters. The van der Waals surface area contributed by atoms with Crippen molar-refractivity contribution in [1.82, 2.24) is 15.5 Å². The van der Waals surface area contributed by atoms with Crippen molar-refractivity contribution in [3.63, 3.8) is 0 Å². The number of anilines is 1. The molecule has 8 nitrogen and oxygen atoms in total. The van der Waals surface area contributed by atoms with Crippen molar-refractivity contribution < 1.29 is 19.1 Å². The zero-order chi connectivity index (χ0) is 16.3. The highest BCUT2D eigenvalue weighted by Gasteiger charge is 2.06. The molecular weight excluding hydrogens is 300 g/mol. The molecule has 0 spiro atoms. The summed E-state index contributed by atoms with van der Waals surface area (Å²) in [5.41, 5.74) is 0.540. The SMILES string of the molecule is O=C(COCCOc1ccccc1)NCC(=O)Nc1cn[nH]c1. The number of benzene rings is 1. The highest BCUT2D eigenvalue weighted by molar-refractivity contribution is 5.94. The summed E-state index contributed by atoms with van der Waals surface area (Å²) in [6.45, 7) is 0.368. The molecule has 0 aliphatic heterocycles. The molecule has 0 aliphatic rings. The average molecular weight is 318 g/mol. The average Bonchev–Trinajstić information content (AvgIpc) is 3.06. The normalized spacial score (nSPS) is 10.1. The Labute approximate surface area is 133 Å². The maximum absolute atomic E-state index is 11.5. The lowest BCUT2D eigenvalue weighted by atomic mass is 10.3. The summed E-state index contributed by atoms with van der Waals surface area (Å²) in [4.78, 5) is 23.0. The Balaban J connectivity index is 1.50. The molecule has 1 heterocycles. The van der Waals surface area contributed by atoms with E-state index in [1.807, 2.05) is 30.3 Å². The van der Waals surface area contributed by atoms with Crippen molar-refractivity contribution in [2.75, 3.05) is 31.7 Å². The van der Waals surface area contributed by atoms with Gasteiger partial charge >= 0.3 is 0 Å². The first-order valence-corrected chi connectivity index (χ1v) is 7.05. The minimum atomic E-state index is -0.368. The van der Waals surface area contributed by atoms with E-state index < -0.39 is 0 Å². The van der Waals surface area contributed by atoms with Crippen LogP contribution >= 0.6 is 0 Å². The zero-order valence-corrected chi connectivity index (χ0v) is 12.5. The number of rotatable bonds is 9. The van der Waals surface area contributed by atoms with E-state index in [0.29, 0.717) is 12.3 Å². The van der Waals surface area contributed by atoms with Gasteiger partial charge in [-0.25, -0.2) is 0 Å². The number of hydrogen-bond donors (Lipinski definition) is 3. The third-order valence-corrected chi connectivity index (χ3v) is 2.70. The molecule has 8 heteroatoms. The third kappa shape index (κ3) is 6.62. The lowest BCUT2D eigenvalue weighted by Crippen LogP contribution is -2.35. The smallest absolute Gasteiger partial charge is 0.246 e. The number of carbonyl (C=O) groups is 2. The molecule has 0 fully saturated rings. The van der Waals surface area contributed by atoms with Gasteiger partial charge in [0, 0.05) is 6.20 Å². The van der Waals surface area contributed by atoms with Crippen LogP contribution < -0.4 is 15.4 Å². The molecule has 122 valence electrons. The van der Waals surface area contributed by atoms with E-state index in [2.05, 4.69) is 20.8 Å². The second kappa shape index (κ2) is 9.21. The molecule has 1 aromatic carbocycles. The Morgan fingerprint density at radius 1 is 1.13 bits per heavy atom. The fourth-order valence-corrected chi connectivity index (χ4v) is 1.65. The van der Waals surface area contributed by atoms with Gasteiger partial charge in [0.2, 0.25) is 11.8 Å². The predicted molar refractivity (Wildman–Crippen MR) is 83.0 cm³/mol. The van der Waals surface area contributed by atoms with Crippen molar-refractivity contribution >= 4 is 17.5 Å². The lowest BCUT2D eigenvalue weighted by Gasteiger charge is -2.08. The summed E-state index contributed by atoms with van der Waals surface area (Å²) in [6.07, 6.45) is 3.01. The Morgan fingerprint density at radius 3 is 2.70 bits per heavy atom. The third-order valence-electron chi connectivity index (χ3n) is 2.70. The molecule has 3 N–H and O–H groups in total. The van der Waals surface area contributed by atoms with E-state index in [1.54, 1.807) is 0 Å². The van der Waals surface area contributed by atoms with E-state index in [4.69, 9.17) is 9.47 Å². The van der Waals surface area contributed by atoms with Gasteiger partial charge in [0.1, 0.15) is 19.0 Å². The van der Waals surface area contributed by atoms with Crippen LogP contribution in [0.3, 0.4) is 0 Å². The van der Waals surface area contributed by atoms with Gasteiger partial charge in [0.15, 0.2) is 0 Å². The number of amides is 2. The van der Waals surface area contributed by atoms with Gasteiger partial charge in [-0.3, -0.25) is 14.7 Å². The van der Waals surface area contributed by atoms with E-state index in [9.17, 15) is 9.59 Å². The first kappa shape index (κ1) is 16.5. The summed E-state index contributed by atoms with van der Waals surface area (Å²) in [6, 6.07) is 9.32. The number of H-pyrrole nitrogens is 1. The second-order valence-electron chi connectivity index (χ2n) is 4.53. The molecule has 1 aromatic heterocycles. The topological polar surface area (TPSA) is 105 Å². The van der Waals surface area contributed by atoms with Gasteiger partial charge in [-0.2, -0.15) is 5.10 Å². The quantitative estimate of drug-likeness (QED) is 0.586. The summed E-state index contributed by atoms with van der Waals surface area (Å²) >= 11 is 0. The van der Waals surface area contributed by atoms with Gasteiger partial charge in [0.25, 0.3) is 0 Å². The van der Waals surface area contributed by atoms with Crippen molar-refractivity contribution in [2.24, 2.45) is 0 Å². The van der Waals surface area contributed by atoms with Crippen LogP contribution in [0, 0.1) is 0 Å². The Bertz CT molecular complexity index is 601. The molecule has 0 radical (unpaired) electrons. The Morgan fingerprint density at radius 2 is 1.96 bits per heavy atom. The van der Waals surface area contributed by atoms with Crippen molar-refractivity contribution in [2.45, 2.75) is 0 Å². The number of carbonyl (C=O) groups excluding carboxylic acids is 2. The zero-order valence-electron chi connectivity index (χ0n) is 12.5. The highest BCUT2D eigenvalue weighted by Crippen LogP contribution is 2.07. The summed E-state index contributed by atoms with van der Waals surface area (Å²) in [5, 5.41) is 11.3. The molecule has 2 rings (SSSR count). The van der Waals surface area contributed by atoms with Gasteiger partial charge in [-0.05, 0) is 12.1 Å². The van der Waals surface area contributed by atoms with Gasteiger partial charge in [-0.1, -0.05) is 18.2 Å². The van der Waals surface area contributed by atoms with E-state index in [1.165, 1.54) is 12.4 Å². The van der Waals surface area contributed by atoms with Crippen LogP contribution in [0.1, 0.15) is 0 Å². The molecule has 0 bridgehead atoms. The number of aromatic nitrogens is 2. The first-order chi connectivity index (χ1) is 11.2. The van der Waals surface area contributed by atoms with Crippen LogP contribution in [0.5, 0.6) is 5.75 Å². The van der Waals surface area contributed by atoms with E-state index >= 15 is 0 Å². The van der Waals surface area contributed by atoms with Crippen LogP contribution in [0.25, 0.3) is 0 Å². The first-order valence-electron chi connectivity index (χ1n) is 7.05. The molecule has 0 aliphatic carbocycles. The molecule has 0 unspecified atom stereocenters. The maximum atomic E-state index is 11.5. The van der Waals surface area contributed by atoms with Crippen LogP contribution in [0.15, 0.2) is 42.7 Å². The molecule has 2 amide bonds. The van der Waals surface area contributed by atoms with Gasteiger partial charge < -0.3 is 20.1 Å². The minimum Gasteiger partial charge on any atom is -0.491 e. The van der Waals surface area contributed by atoms with Crippen LogP contribution in [-0.4, -0.2) is 48.4 Å². The Hall–Kier alpha value is -2.87. The second-order valence-corrected chi connectivity index (χ2v) is 4.53. The number of nitrogens with one attached hydrogen (secondary N) is 3. The van der Waals surface area contributed by atoms with Crippen LogP contribution in [-0.2, 0) is 14.3 Å². The number of nitrogens with zero attached hydrogens (tertiary/aromatic N) is 1. The van der Waals surface area contributed by atoms with Gasteiger partial charge in [-0.15, -0.1) is 0 Å². The number of ether oxygens (including phenoxy) is 2. The number of aromatic amines is 1. The lowest BCUT2D eigenvalue weighted by molar-refractivity contribution is -0.128. The van der Waals surface area contributed by atoms with Crippen molar-refractivity contribution in [3.8, 4) is 5.75 Å². The molecule has 2 aromatic rings. The van der Waals surface area contributed by atoms with E-state index in [0.717, 1.165) is 5.75 Å². The largest absolute Gasteiger partial charge is 0.491 e. The number of hydrogen-bond acceptors (Lipinski definition) is 5. The van der Waals surface area contributed by atoms with E-state index in [-0.39, 0.29) is 31.6 Å². The fourth-order valence-electron chi connectivity index (χ4n) is 1.65. The maximum Gasteiger partial charge on any atom is 0.246 e. The van der Waals surface area contributed by atoms with Crippen molar-refractivity contribution in [1.29, 1.82) is 0 Å². The van der Waals surface area contributed by atoms with Crippen molar-refractivity contribution in [3.05, 3.63) is 42.7 Å². The molecule has 0 saturated heterocycles. The molecule has 23 heavy (non-hydrogen) atoms. The number of para-hydroxylation sites is 1. The standard InChI is InChI=1S/C15H18N4O4/c20-14(19-12-8-17-18-9-12)10-16-15(21)11-22-6-7-23-13-4-2-1-3-5-13/h1-5,8-9H,6-7,10-11H2,(H,16,21)(H,17,18)(H,19,20). The monoisotopic (exact) mass is 318 g/mol. The Kier molecular flexibility index (Phi) is 6.61. The highest BCUT2D eigenvalue weighted by atomic mass is 16.5. The predicted octanol–water partition coefficient (Wildman–Crippen LogP) is 0.560.